The summed E-state index contributed by atoms with van der Waals surface area (Å²) in [5, 5.41) is 9.08. The highest BCUT2D eigenvalue weighted by Gasteiger charge is 2.22. The monoisotopic (exact) mass is 279 g/mol. The lowest BCUT2D eigenvalue weighted by Crippen LogP contribution is -2.10. The third-order valence-corrected chi connectivity index (χ3v) is 2.45. The van der Waals surface area contributed by atoms with E-state index in [9.17, 15) is 13.6 Å². The van der Waals surface area contributed by atoms with Crippen LogP contribution in [0.4, 0.5) is 8.78 Å². The van der Waals surface area contributed by atoms with Crippen LogP contribution in [0.1, 0.15) is 33.7 Å². The Labute approximate surface area is 93.3 Å². The van der Waals surface area contributed by atoms with Crippen molar-refractivity contribution in [2.45, 2.75) is 18.7 Å². The van der Waals surface area contributed by atoms with E-state index in [2.05, 4.69) is 20.9 Å². The number of rotatable bonds is 3. The molecule has 0 bridgehead atoms. The summed E-state index contributed by atoms with van der Waals surface area (Å²) >= 11 is 3.09. The molecule has 0 amide bonds. The molecule has 0 aliphatic heterocycles. The second kappa shape index (κ2) is 4.65. The summed E-state index contributed by atoms with van der Waals surface area (Å²) in [4.78, 5) is 14.4. The van der Waals surface area contributed by atoms with E-state index in [1.165, 1.54) is 13.0 Å². The average molecular weight is 280 g/mol. The van der Waals surface area contributed by atoms with Gasteiger partial charge in [0.05, 0.1) is 11.3 Å². The minimum atomic E-state index is -2.83. The maximum atomic E-state index is 12.6. The second-order valence-corrected chi connectivity index (χ2v) is 3.49. The number of hydrogen-bond acceptors (Lipinski definition) is 2. The summed E-state index contributed by atoms with van der Waals surface area (Å²) in [6.45, 7) is 1.45. The fourth-order valence-corrected chi connectivity index (χ4v) is 1.54. The first-order valence-electron chi connectivity index (χ1n) is 4.05. The highest BCUT2D eigenvalue weighted by atomic mass is 79.9. The fraction of sp³-hybridized carbons (Fsp3) is 0.333. The Morgan fingerprint density at radius 2 is 2.27 bits per heavy atom. The van der Waals surface area contributed by atoms with E-state index < -0.39 is 23.7 Å². The molecule has 0 aromatic carbocycles. The van der Waals surface area contributed by atoms with Crippen molar-refractivity contribution in [3.63, 3.8) is 0 Å². The number of aryl methyl sites for hydroxylation is 1. The van der Waals surface area contributed by atoms with Crippen LogP contribution in [-0.2, 0) is 5.33 Å². The van der Waals surface area contributed by atoms with Crippen LogP contribution in [0.5, 0.6) is 0 Å². The summed E-state index contributed by atoms with van der Waals surface area (Å²) in [5.74, 6) is -1.43. The zero-order valence-corrected chi connectivity index (χ0v) is 9.38. The lowest BCUT2D eigenvalue weighted by atomic mass is 10.1. The molecule has 0 saturated heterocycles. The molecule has 3 nitrogen and oxygen atoms in total. The van der Waals surface area contributed by atoms with E-state index in [1.807, 2.05) is 0 Å². The molecular weight excluding hydrogens is 272 g/mol. The van der Waals surface area contributed by atoms with Crippen molar-refractivity contribution in [1.29, 1.82) is 0 Å². The maximum absolute atomic E-state index is 12.6. The number of aromatic nitrogens is 1. The van der Waals surface area contributed by atoms with Gasteiger partial charge in [-0.1, -0.05) is 15.9 Å². The molecule has 6 heteroatoms. The number of carboxylic acids is 1. The minimum Gasteiger partial charge on any atom is -0.476 e. The van der Waals surface area contributed by atoms with Crippen molar-refractivity contribution in [2.24, 2.45) is 0 Å². The van der Waals surface area contributed by atoms with Crippen LogP contribution in [-0.4, -0.2) is 16.1 Å². The van der Waals surface area contributed by atoms with Gasteiger partial charge < -0.3 is 5.11 Å². The quantitative estimate of drug-likeness (QED) is 0.866. The summed E-state index contributed by atoms with van der Waals surface area (Å²) in [6.07, 6.45) is -2.83. The number of aromatic carboxylic acids is 1. The molecule has 0 unspecified atom stereocenters. The number of pyridine rings is 1. The summed E-state index contributed by atoms with van der Waals surface area (Å²) in [6, 6.07) is 1.45. The summed E-state index contributed by atoms with van der Waals surface area (Å²) in [5.41, 5.74) is -0.409. The number of carbonyl (C=O) groups is 1. The van der Waals surface area contributed by atoms with E-state index in [1.54, 1.807) is 0 Å². The third kappa shape index (κ3) is 2.50. The summed E-state index contributed by atoms with van der Waals surface area (Å²) in [7, 11) is 0. The smallest absolute Gasteiger partial charge is 0.355 e. The Morgan fingerprint density at radius 1 is 1.67 bits per heavy atom. The fourth-order valence-electron chi connectivity index (χ4n) is 1.26. The standard InChI is InChI=1S/C9H8BrF2NO2/c1-4-2-5(3-10)13-7(9(14)15)6(4)8(11)12/h2,8H,3H2,1H3,(H,14,15). The van der Waals surface area contributed by atoms with Gasteiger partial charge in [0.15, 0.2) is 5.69 Å². The topological polar surface area (TPSA) is 50.2 Å². The molecule has 0 saturated carbocycles. The molecule has 1 aromatic heterocycles. The van der Waals surface area contributed by atoms with Gasteiger partial charge in [-0.25, -0.2) is 18.6 Å². The Hall–Kier alpha value is -1.04. The van der Waals surface area contributed by atoms with E-state index in [0.29, 0.717) is 11.0 Å². The molecule has 82 valence electrons. The Balaban J connectivity index is 3.42. The largest absolute Gasteiger partial charge is 0.476 e. The van der Waals surface area contributed by atoms with Crippen molar-refractivity contribution >= 4 is 21.9 Å². The molecule has 0 fully saturated rings. The first kappa shape index (κ1) is 12.0. The summed E-state index contributed by atoms with van der Waals surface area (Å²) < 4.78 is 25.1. The van der Waals surface area contributed by atoms with Gasteiger partial charge in [-0.15, -0.1) is 0 Å². The van der Waals surface area contributed by atoms with Crippen LogP contribution in [0.25, 0.3) is 0 Å². The maximum Gasteiger partial charge on any atom is 0.355 e. The molecule has 0 aliphatic rings. The van der Waals surface area contributed by atoms with E-state index >= 15 is 0 Å². The third-order valence-electron chi connectivity index (χ3n) is 1.88. The molecule has 1 heterocycles. The number of alkyl halides is 3. The SMILES string of the molecule is Cc1cc(CBr)nc(C(=O)O)c1C(F)F. The molecule has 1 rings (SSSR count). The number of hydrogen-bond donors (Lipinski definition) is 1. The van der Waals surface area contributed by atoms with E-state index in [4.69, 9.17) is 5.11 Å². The Kier molecular flexibility index (Phi) is 3.73. The molecule has 0 spiro atoms. The highest BCUT2D eigenvalue weighted by molar-refractivity contribution is 9.08. The van der Waals surface area contributed by atoms with Gasteiger partial charge in [-0.2, -0.15) is 0 Å². The predicted molar refractivity (Wildman–Crippen MR) is 53.5 cm³/mol. The van der Waals surface area contributed by atoms with Gasteiger partial charge in [-0.05, 0) is 18.6 Å². The van der Waals surface area contributed by atoms with Crippen molar-refractivity contribution < 1.29 is 18.7 Å². The van der Waals surface area contributed by atoms with Crippen molar-refractivity contribution in [3.8, 4) is 0 Å². The second-order valence-electron chi connectivity index (χ2n) is 2.93. The van der Waals surface area contributed by atoms with Gasteiger partial charge >= 0.3 is 5.97 Å². The van der Waals surface area contributed by atoms with Crippen LogP contribution in [0, 0.1) is 6.92 Å². The van der Waals surface area contributed by atoms with Gasteiger partial charge in [0.25, 0.3) is 6.43 Å². The first-order valence-corrected chi connectivity index (χ1v) is 5.17. The van der Waals surface area contributed by atoms with Crippen molar-refractivity contribution in [3.05, 3.63) is 28.6 Å². The van der Waals surface area contributed by atoms with Crippen molar-refractivity contribution in [1.82, 2.24) is 4.98 Å². The number of carboxylic acid groups (broad SMARTS) is 1. The predicted octanol–water partition coefficient (Wildman–Crippen LogP) is 2.92. The lowest BCUT2D eigenvalue weighted by Gasteiger charge is -2.09. The van der Waals surface area contributed by atoms with E-state index in [0.717, 1.165) is 0 Å². The zero-order valence-electron chi connectivity index (χ0n) is 7.80. The van der Waals surface area contributed by atoms with Gasteiger partial charge in [-0.3, -0.25) is 0 Å². The molecule has 1 N–H and O–H groups in total. The molecule has 15 heavy (non-hydrogen) atoms. The average Bonchev–Trinajstić information content (AvgIpc) is 2.15. The molecule has 0 aliphatic carbocycles. The molecular formula is C9H8BrF2NO2. The Morgan fingerprint density at radius 3 is 2.67 bits per heavy atom. The Bertz CT molecular complexity index is 396. The van der Waals surface area contributed by atoms with Crippen LogP contribution in [0.2, 0.25) is 0 Å². The van der Waals surface area contributed by atoms with Crippen LogP contribution >= 0.6 is 15.9 Å². The van der Waals surface area contributed by atoms with E-state index in [-0.39, 0.29) is 5.56 Å². The van der Waals surface area contributed by atoms with Gasteiger partial charge in [0, 0.05) is 5.33 Å². The molecule has 0 atom stereocenters. The normalized spacial score (nSPS) is 10.7. The first-order chi connectivity index (χ1) is 6.97. The zero-order chi connectivity index (χ0) is 11.6. The highest BCUT2D eigenvalue weighted by Crippen LogP contribution is 2.26. The number of halogens is 3. The van der Waals surface area contributed by atoms with Crippen molar-refractivity contribution in [2.75, 3.05) is 0 Å². The van der Waals surface area contributed by atoms with Crippen LogP contribution < -0.4 is 0 Å². The van der Waals surface area contributed by atoms with Crippen LogP contribution in [0.15, 0.2) is 6.07 Å². The lowest BCUT2D eigenvalue weighted by molar-refractivity contribution is 0.0676. The van der Waals surface area contributed by atoms with Gasteiger partial charge in [0.2, 0.25) is 0 Å². The minimum absolute atomic E-state index is 0.242. The van der Waals surface area contributed by atoms with Crippen LogP contribution in [0.3, 0.4) is 0 Å². The molecule has 1 aromatic rings. The van der Waals surface area contributed by atoms with Gasteiger partial charge in [0.1, 0.15) is 0 Å². The number of nitrogens with zero attached hydrogens (tertiary/aromatic N) is 1. The molecule has 0 radical (unpaired) electrons.